The van der Waals surface area contributed by atoms with Gasteiger partial charge >= 0.3 is 0 Å². The molecule has 0 unspecified atom stereocenters. The van der Waals surface area contributed by atoms with Crippen molar-refractivity contribution in [3.05, 3.63) is 37.1 Å². The predicted molar refractivity (Wildman–Crippen MR) is 89.7 cm³/mol. The molecule has 0 saturated carbocycles. The fourth-order valence-electron chi connectivity index (χ4n) is 2.51. The van der Waals surface area contributed by atoms with Crippen molar-refractivity contribution in [2.24, 2.45) is 0 Å². The molecule has 0 spiro atoms. The molecular weight excluding hydrogens is 310 g/mol. The van der Waals surface area contributed by atoms with E-state index >= 15 is 0 Å². The van der Waals surface area contributed by atoms with Gasteiger partial charge in [-0.05, 0) is 25.0 Å². The van der Waals surface area contributed by atoms with Gasteiger partial charge in [-0.3, -0.25) is 14.3 Å². The predicted octanol–water partition coefficient (Wildman–Crippen LogP) is 2.59. The number of amides is 1. The van der Waals surface area contributed by atoms with Crippen molar-refractivity contribution in [3.63, 3.8) is 0 Å². The summed E-state index contributed by atoms with van der Waals surface area (Å²) in [6.45, 7) is 5.24. The Morgan fingerprint density at radius 3 is 2.96 bits per heavy atom. The molecule has 23 heavy (non-hydrogen) atoms. The number of allylic oxidation sites excluding steroid dienone is 1. The highest BCUT2D eigenvalue weighted by Gasteiger charge is 2.20. The van der Waals surface area contributed by atoms with Gasteiger partial charge in [0.25, 0.3) is 0 Å². The summed E-state index contributed by atoms with van der Waals surface area (Å²) in [6.07, 6.45) is 6.27. The topological polar surface area (TPSA) is 63.9 Å². The minimum absolute atomic E-state index is 0.225. The van der Waals surface area contributed by atoms with E-state index in [9.17, 15) is 4.79 Å². The van der Waals surface area contributed by atoms with E-state index in [2.05, 4.69) is 21.8 Å². The first-order chi connectivity index (χ1) is 11.3. The molecule has 0 atom stereocenters. The summed E-state index contributed by atoms with van der Waals surface area (Å²) in [5, 5.41) is 9.32. The number of rotatable bonds is 6. The highest BCUT2D eigenvalue weighted by atomic mass is 32.2. The van der Waals surface area contributed by atoms with Gasteiger partial charge in [0, 0.05) is 25.7 Å². The number of hydrogen-bond acceptors (Lipinski definition) is 5. The lowest BCUT2D eigenvalue weighted by Crippen LogP contribution is -2.34. The third-order valence-electron chi connectivity index (χ3n) is 3.69. The summed E-state index contributed by atoms with van der Waals surface area (Å²) in [7, 11) is 0. The first-order valence-corrected chi connectivity index (χ1v) is 8.64. The summed E-state index contributed by atoms with van der Waals surface area (Å²) in [4.78, 5) is 18.1. The Balaban J connectivity index is 1.78. The maximum Gasteiger partial charge on any atom is 0.223 e. The van der Waals surface area contributed by atoms with Gasteiger partial charge in [0.1, 0.15) is 5.69 Å². The number of likely N-dealkylation sites (tertiary alicyclic amines) is 1. The molecule has 1 aliphatic heterocycles. The molecule has 7 heteroatoms. The van der Waals surface area contributed by atoms with Gasteiger partial charge in [0.2, 0.25) is 5.91 Å². The molecule has 1 fully saturated rings. The summed E-state index contributed by atoms with van der Waals surface area (Å²) < 4.78 is 1.98. The number of hydrogen-bond donors (Lipinski definition) is 0. The Bertz CT molecular complexity index is 685. The van der Waals surface area contributed by atoms with Crippen LogP contribution in [0.15, 0.2) is 42.2 Å². The van der Waals surface area contributed by atoms with Crippen LogP contribution >= 0.6 is 11.8 Å². The zero-order chi connectivity index (χ0) is 16.1. The quantitative estimate of drug-likeness (QED) is 0.602. The maximum atomic E-state index is 11.9. The van der Waals surface area contributed by atoms with E-state index in [0.717, 1.165) is 36.1 Å². The number of thioether (sulfide) groups is 1. The second-order valence-corrected chi connectivity index (χ2v) is 6.22. The van der Waals surface area contributed by atoms with Crippen LogP contribution in [0.5, 0.6) is 0 Å². The fourth-order valence-corrected chi connectivity index (χ4v) is 3.47. The van der Waals surface area contributed by atoms with E-state index in [1.807, 2.05) is 33.7 Å². The zero-order valence-corrected chi connectivity index (χ0v) is 13.7. The lowest BCUT2D eigenvalue weighted by atomic mass is 10.1. The summed E-state index contributed by atoms with van der Waals surface area (Å²) in [5.74, 6) is 1.55. The van der Waals surface area contributed by atoms with Crippen molar-refractivity contribution in [2.45, 2.75) is 31.0 Å². The van der Waals surface area contributed by atoms with Gasteiger partial charge in [-0.2, -0.15) is 0 Å². The van der Waals surface area contributed by atoms with Gasteiger partial charge in [-0.15, -0.1) is 16.8 Å². The first kappa shape index (κ1) is 15.7. The van der Waals surface area contributed by atoms with Crippen molar-refractivity contribution < 1.29 is 4.79 Å². The Labute approximate surface area is 139 Å². The van der Waals surface area contributed by atoms with Gasteiger partial charge < -0.3 is 4.90 Å². The molecule has 1 aliphatic rings. The molecule has 0 radical (unpaired) electrons. The van der Waals surface area contributed by atoms with Crippen LogP contribution in [0.25, 0.3) is 11.5 Å². The molecule has 0 aliphatic carbocycles. The van der Waals surface area contributed by atoms with E-state index in [4.69, 9.17) is 0 Å². The molecule has 0 N–H and O–H groups in total. The van der Waals surface area contributed by atoms with Crippen LogP contribution in [0.1, 0.15) is 19.3 Å². The average Bonchev–Trinajstić information content (AvgIpc) is 2.98. The normalized spacial score (nSPS) is 15.0. The first-order valence-electron chi connectivity index (χ1n) is 7.65. The highest BCUT2D eigenvalue weighted by Crippen LogP contribution is 2.24. The maximum absolute atomic E-state index is 11.9. The molecule has 0 bridgehead atoms. The summed E-state index contributed by atoms with van der Waals surface area (Å²) in [6, 6.07) is 5.70. The second kappa shape index (κ2) is 7.41. The largest absolute Gasteiger partial charge is 0.333 e. The summed E-state index contributed by atoms with van der Waals surface area (Å²) in [5.41, 5.74) is 0.780. The zero-order valence-electron chi connectivity index (χ0n) is 12.9. The Kier molecular flexibility index (Phi) is 5.07. The average molecular weight is 329 g/mol. The number of carbonyl (C=O) groups is 1. The molecule has 3 rings (SSSR count). The molecule has 3 heterocycles. The van der Waals surface area contributed by atoms with E-state index in [1.54, 1.807) is 6.20 Å². The number of piperidine rings is 1. The monoisotopic (exact) mass is 329 g/mol. The van der Waals surface area contributed by atoms with E-state index in [-0.39, 0.29) is 5.91 Å². The van der Waals surface area contributed by atoms with Gasteiger partial charge in [-0.25, -0.2) is 0 Å². The number of carbonyl (C=O) groups excluding carboxylic acids is 1. The number of nitrogens with zero attached hydrogens (tertiary/aromatic N) is 5. The molecule has 0 aromatic carbocycles. The van der Waals surface area contributed by atoms with Gasteiger partial charge in [-0.1, -0.05) is 23.9 Å². The minimum Gasteiger partial charge on any atom is -0.333 e. The van der Waals surface area contributed by atoms with Crippen LogP contribution in [-0.2, 0) is 11.3 Å². The van der Waals surface area contributed by atoms with Crippen LogP contribution in [0.2, 0.25) is 0 Å². The van der Waals surface area contributed by atoms with E-state index in [0.29, 0.717) is 18.8 Å². The van der Waals surface area contributed by atoms with Crippen LogP contribution < -0.4 is 0 Å². The summed E-state index contributed by atoms with van der Waals surface area (Å²) >= 11 is 1.53. The van der Waals surface area contributed by atoms with Crippen molar-refractivity contribution in [2.75, 3.05) is 12.4 Å². The third kappa shape index (κ3) is 3.61. The number of aromatic nitrogens is 4. The van der Waals surface area contributed by atoms with Gasteiger partial charge in [0.05, 0.1) is 5.88 Å². The highest BCUT2D eigenvalue weighted by molar-refractivity contribution is 7.99. The van der Waals surface area contributed by atoms with Crippen LogP contribution in [0, 0.1) is 0 Å². The smallest absolute Gasteiger partial charge is 0.223 e. The molecule has 1 amide bonds. The molecule has 6 nitrogen and oxygen atoms in total. The van der Waals surface area contributed by atoms with Crippen LogP contribution in [0.4, 0.5) is 0 Å². The van der Waals surface area contributed by atoms with Crippen molar-refractivity contribution in [1.29, 1.82) is 0 Å². The molecule has 1 saturated heterocycles. The van der Waals surface area contributed by atoms with Gasteiger partial charge in [0.15, 0.2) is 11.0 Å². The molecular formula is C16H19N5OS. The fraction of sp³-hybridized carbons (Fsp3) is 0.375. The lowest BCUT2D eigenvalue weighted by molar-refractivity contribution is -0.132. The van der Waals surface area contributed by atoms with Crippen molar-refractivity contribution in [1.82, 2.24) is 24.6 Å². The Morgan fingerprint density at radius 1 is 1.30 bits per heavy atom. The number of pyridine rings is 1. The third-order valence-corrected chi connectivity index (χ3v) is 4.69. The van der Waals surface area contributed by atoms with Crippen molar-refractivity contribution in [3.8, 4) is 11.5 Å². The lowest BCUT2D eigenvalue weighted by Gasteiger charge is -2.25. The Hall–Kier alpha value is -2.15. The van der Waals surface area contributed by atoms with Crippen LogP contribution in [-0.4, -0.2) is 43.0 Å². The van der Waals surface area contributed by atoms with Crippen molar-refractivity contribution >= 4 is 17.7 Å². The molecule has 120 valence electrons. The molecule has 2 aromatic heterocycles. The van der Waals surface area contributed by atoms with E-state index < -0.39 is 0 Å². The molecule has 2 aromatic rings. The Morgan fingerprint density at radius 2 is 2.22 bits per heavy atom. The second-order valence-electron chi connectivity index (χ2n) is 5.31. The van der Waals surface area contributed by atoms with Crippen LogP contribution in [0.3, 0.4) is 0 Å². The standard InChI is InChI=1S/C16H19N5OS/c1-2-10-21-15(13-7-3-5-9-17-13)18-19-16(21)23-12-20-11-6-4-8-14(20)22/h2-3,5,7,9H,1,4,6,8,10-12H2. The van der Waals surface area contributed by atoms with E-state index in [1.165, 1.54) is 11.8 Å². The SMILES string of the molecule is C=CCn1c(SCN2CCCCC2=O)nnc1-c1ccccn1. The minimum atomic E-state index is 0.225.